The van der Waals surface area contributed by atoms with Gasteiger partial charge in [0.1, 0.15) is 5.82 Å². The van der Waals surface area contributed by atoms with Crippen molar-refractivity contribution in [3.8, 4) is 5.69 Å². The Morgan fingerprint density at radius 2 is 1.66 bits per heavy atom. The zero-order chi connectivity index (χ0) is 27.5. The van der Waals surface area contributed by atoms with Crippen LogP contribution in [0.4, 0.5) is 9.18 Å². The number of amides is 2. The first kappa shape index (κ1) is 27.4. The quantitative estimate of drug-likeness (QED) is 0.242. The van der Waals surface area contributed by atoms with Crippen molar-refractivity contribution in [2.45, 2.75) is 59.4 Å². The van der Waals surface area contributed by atoms with Crippen LogP contribution in [0.3, 0.4) is 0 Å². The molecule has 0 saturated heterocycles. The molecule has 0 spiro atoms. The van der Waals surface area contributed by atoms with Crippen LogP contribution in [0.1, 0.15) is 65.0 Å². The van der Waals surface area contributed by atoms with Crippen molar-refractivity contribution in [1.29, 1.82) is 0 Å². The molecule has 0 saturated carbocycles. The van der Waals surface area contributed by atoms with Gasteiger partial charge in [-0.2, -0.15) is 5.10 Å². The van der Waals surface area contributed by atoms with E-state index in [1.165, 1.54) is 17.7 Å². The van der Waals surface area contributed by atoms with Gasteiger partial charge in [-0.15, -0.1) is 0 Å². The van der Waals surface area contributed by atoms with E-state index in [0.29, 0.717) is 12.5 Å². The number of fused-ring (bicyclic) bond motifs is 1. The van der Waals surface area contributed by atoms with E-state index in [0.717, 1.165) is 28.6 Å². The monoisotopic (exact) mass is 514 g/mol. The van der Waals surface area contributed by atoms with E-state index in [1.807, 2.05) is 55.1 Å². The summed E-state index contributed by atoms with van der Waals surface area (Å²) in [6, 6.07) is 22.6. The van der Waals surface area contributed by atoms with Crippen molar-refractivity contribution < 1.29 is 9.18 Å². The smallest absolute Gasteiger partial charge is 0.315 e. The molecule has 3 aromatic carbocycles. The fourth-order valence-electron chi connectivity index (χ4n) is 5.12. The van der Waals surface area contributed by atoms with Gasteiger partial charge in [-0.3, -0.25) is 0 Å². The molecule has 1 unspecified atom stereocenters. The maximum Gasteiger partial charge on any atom is 0.315 e. The molecule has 4 aromatic rings. The number of halogens is 1. The minimum atomic E-state index is -0.484. The Hall–Kier alpha value is -3.67. The number of carbonyl (C=O) groups excluding carboxylic acids is 1. The van der Waals surface area contributed by atoms with Gasteiger partial charge in [0.05, 0.1) is 22.9 Å². The predicted octanol–water partition coefficient (Wildman–Crippen LogP) is 7.56. The first-order chi connectivity index (χ1) is 18.0. The number of rotatable bonds is 9. The van der Waals surface area contributed by atoms with Crippen molar-refractivity contribution in [3.05, 3.63) is 95.9 Å². The summed E-state index contributed by atoms with van der Waals surface area (Å²) < 4.78 is 15.2. The molecule has 0 aliphatic rings. The molecule has 0 radical (unpaired) electrons. The zero-order valence-corrected chi connectivity index (χ0v) is 23.3. The Bertz CT molecular complexity index is 1370. The van der Waals surface area contributed by atoms with Crippen LogP contribution < -0.4 is 10.6 Å². The SMILES string of the molecule is CC(C)CC(c1ccc2c(cnn2-c2ccc(F)cc2)c1)C(C)(C)CNC(=O)NC(C)(C)c1ccccc1. The third kappa shape index (κ3) is 6.24. The highest BCUT2D eigenvalue weighted by atomic mass is 19.1. The van der Waals surface area contributed by atoms with Crippen LogP contribution >= 0.6 is 0 Å². The molecule has 0 aliphatic heterocycles. The minimum absolute atomic E-state index is 0.175. The number of carbonyl (C=O) groups is 1. The van der Waals surface area contributed by atoms with E-state index in [2.05, 4.69) is 61.6 Å². The summed E-state index contributed by atoms with van der Waals surface area (Å²) >= 11 is 0. The lowest BCUT2D eigenvalue weighted by Gasteiger charge is -2.37. The predicted molar refractivity (Wildman–Crippen MR) is 153 cm³/mol. The van der Waals surface area contributed by atoms with Crippen molar-refractivity contribution in [2.75, 3.05) is 6.54 Å². The molecule has 1 heterocycles. The molecule has 0 aliphatic carbocycles. The molecular weight excluding hydrogens is 475 g/mol. The second kappa shape index (κ2) is 11.0. The Balaban J connectivity index is 1.52. The van der Waals surface area contributed by atoms with E-state index < -0.39 is 5.54 Å². The molecule has 2 N–H and O–H groups in total. The van der Waals surface area contributed by atoms with Gasteiger partial charge in [-0.25, -0.2) is 13.9 Å². The summed E-state index contributed by atoms with van der Waals surface area (Å²) in [7, 11) is 0. The molecular formula is C32H39FN4O. The van der Waals surface area contributed by atoms with E-state index in [-0.39, 0.29) is 23.2 Å². The lowest BCUT2D eigenvalue weighted by atomic mass is 9.71. The molecule has 0 fully saturated rings. The lowest BCUT2D eigenvalue weighted by Crippen LogP contribution is -2.49. The maximum absolute atomic E-state index is 13.4. The van der Waals surface area contributed by atoms with Crippen LogP contribution in [-0.2, 0) is 5.54 Å². The average Bonchev–Trinajstić information content (AvgIpc) is 3.30. The average molecular weight is 515 g/mol. The molecule has 6 heteroatoms. The lowest BCUT2D eigenvalue weighted by molar-refractivity contribution is 0.210. The highest BCUT2D eigenvalue weighted by molar-refractivity contribution is 5.81. The summed E-state index contributed by atoms with van der Waals surface area (Å²) in [6.45, 7) is 13.5. The van der Waals surface area contributed by atoms with E-state index in [9.17, 15) is 9.18 Å². The molecule has 5 nitrogen and oxygen atoms in total. The molecule has 0 bridgehead atoms. The van der Waals surface area contributed by atoms with E-state index in [4.69, 9.17) is 0 Å². The second-order valence-corrected chi connectivity index (χ2v) is 11.8. The molecule has 2 amide bonds. The minimum Gasteiger partial charge on any atom is -0.338 e. The largest absolute Gasteiger partial charge is 0.338 e. The Morgan fingerprint density at radius 1 is 0.974 bits per heavy atom. The normalized spacial score (nSPS) is 13.1. The highest BCUT2D eigenvalue weighted by Crippen LogP contribution is 2.41. The first-order valence-corrected chi connectivity index (χ1v) is 13.3. The van der Waals surface area contributed by atoms with Gasteiger partial charge in [0.15, 0.2) is 0 Å². The highest BCUT2D eigenvalue weighted by Gasteiger charge is 2.33. The standard InChI is InChI=1S/C32H39FN4O/c1-22(2)18-28(31(3,4)21-34-30(38)36-32(5,6)25-10-8-7-9-11-25)23-12-17-29-24(19-23)20-35-37(29)27-15-13-26(33)14-16-27/h7-17,19-20,22,28H,18,21H2,1-6H3,(H2,34,36,38). The number of benzene rings is 3. The molecule has 4 rings (SSSR count). The Morgan fingerprint density at radius 3 is 2.32 bits per heavy atom. The number of urea groups is 1. The topological polar surface area (TPSA) is 59.0 Å². The molecule has 38 heavy (non-hydrogen) atoms. The zero-order valence-electron chi connectivity index (χ0n) is 23.3. The van der Waals surface area contributed by atoms with Gasteiger partial charge in [0.2, 0.25) is 0 Å². The van der Waals surface area contributed by atoms with Crippen LogP contribution in [0.15, 0.2) is 79.0 Å². The number of aromatic nitrogens is 2. The molecule has 1 atom stereocenters. The number of nitrogens with zero attached hydrogens (tertiary/aromatic N) is 2. The Labute approximate surface area is 225 Å². The number of nitrogens with one attached hydrogen (secondary N) is 2. The summed E-state index contributed by atoms with van der Waals surface area (Å²) in [4.78, 5) is 12.9. The van der Waals surface area contributed by atoms with Crippen LogP contribution in [0.25, 0.3) is 16.6 Å². The van der Waals surface area contributed by atoms with Gasteiger partial charge in [0, 0.05) is 11.9 Å². The molecule has 200 valence electrons. The van der Waals surface area contributed by atoms with Gasteiger partial charge < -0.3 is 10.6 Å². The van der Waals surface area contributed by atoms with Gasteiger partial charge in [0.25, 0.3) is 0 Å². The third-order valence-corrected chi connectivity index (χ3v) is 7.34. The van der Waals surface area contributed by atoms with E-state index >= 15 is 0 Å². The van der Waals surface area contributed by atoms with Crippen LogP contribution in [0.2, 0.25) is 0 Å². The van der Waals surface area contributed by atoms with Crippen molar-refractivity contribution >= 4 is 16.9 Å². The van der Waals surface area contributed by atoms with Crippen LogP contribution in [-0.4, -0.2) is 22.4 Å². The van der Waals surface area contributed by atoms with Crippen LogP contribution in [0, 0.1) is 17.2 Å². The van der Waals surface area contributed by atoms with Gasteiger partial charge >= 0.3 is 6.03 Å². The fraction of sp³-hybridized carbons (Fsp3) is 0.375. The van der Waals surface area contributed by atoms with Crippen LogP contribution in [0.5, 0.6) is 0 Å². The van der Waals surface area contributed by atoms with Crippen molar-refractivity contribution in [2.24, 2.45) is 11.3 Å². The summed E-state index contributed by atoms with van der Waals surface area (Å²) in [6.07, 6.45) is 2.85. The first-order valence-electron chi connectivity index (χ1n) is 13.3. The maximum atomic E-state index is 13.4. The second-order valence-electron chi connectivity index (χ2n) is 11.8. The molecule has 1 aromatic heterocycles. The summed E-state index contributed by atoms with van der Waals surface area (Å²) in [5.74, 6) is 0.448. The van der Waals surface area contributed by atoms with E-state index in [1.54, 1.807) is 12.1 Å². The third-order valence-electron chi connectivity index (χ3n) is 7.34. The van der Waals surface area contributed by atoms with Crippen molar-refractivity contribution in [1.82, 2.24) is 20.4 Å². The fourth-order valence-corrected chi connectivity index (χ4v) is 5.12. The Kier molecular flexibility index (Phi) is 7.91. The van der Waals surface area contributed by atoms with Gasteiger partial charge in [-0.05, 0) is 85.0 Å². The number of hydrogen-bond acceptors (Lipinski definition) is 2. The van der Waals surface area contributed by atoms with Gasteiger partial charge in [-0.1, -0.05) is 64.1 Å². The number of hydrogen-bond donors (Lipinski definition) is 2. The van der Waals surface area contributed by atoms with Crippen molar-refractivity contribution in [3.63, 3.8) is 0 Å². The summed E-state index contributed by atoms with van der Waals surface area (Å²) in [5, 5.41) is 11.9. The summed E-state index contributed by atoms with van der Waals surface area (Å²) in [5.41, 5.74) is 3.40.